The fraction of sp³-hybridized carbons (Fsp3) is 0.650. The highest BCUT2D eigenvalue weighted by Gasteiger charge is 2.28. The Hall–Kier alpha value is -1.79. The topological polar surface area (TPSA) is 52.1 Å². The molecule has 0 unspecified atom stereocenters. The Bertz CT molecular complexity index is 540. The van der Waals surface area contributed by atoms with Gasteiger partial charge in [-0.25, -0.2) is 0 Å². The molecule has 6 heteroatoms. The van der Waals surface area contributed by atoms with Crippen molar-refractivity contribution in [2.24, 2.45) is 4.99 Å². The van der Waals surface area contributed by atoms with E-state index in [9.17, 15) is 0 Å². The van der Waals surface area contributed by atoms with Crippen molar-refractivity contribution in [1.82, 2.24) is 15.5 Å². The van der Waals surface area contributed by atoms with E-state index in [1.807, 2.05) is 13.1 Å². The van der Waals surface area contributed by atoms with Crippen LogP contribution in [-0.4, -0.2) is 76.4 Å². The van der Waals surface area contributed by atoms with E-state index in [1.54, 1.807) is 0 Å². The van der Waals surface area contributed by atoms with Crippen molar-refractivity contribution in [1.29, 1.82) is 0 Å². The molecule has 0 spiro atoms. The third kappa shape index (κ3) is 6.50. The van der Waals surface area contributed by atoms with Gasteiger partial charge >= 0.3 is 0 Å². The summed E-state index contributed by atoms with van der Waals surface area (Å²) < 4.78 is 5.46. The molecule has 1 fully saturated rings. The minimum absolute atomic E-state index is 0.0783. The number of morpholine rings is 1. The fourth-order valence-corrected chi connectivity index (χ4v) is 3.14. The van der Waals surface area contributed by atoms with Gasteiger partial charge in [-0.05, 0) is 32.4 Å². The molecule has 1 saturated heterocycles. The number of benzene rings is 1. The minimum Gasteiger partial charge on any atom is -0.379 e. The van der Waals surface area contributed by atoms with Gasteiger partial charge in [0.1, 0.15) is 0 Å². The second-order valence-corrected chi connectivity index (χ2v) is 7.38. The maximum absolute atomic E-state index is 5.46. The van der Waals surface area contributed by atoms with Crippen molar-refractivity contribution in [3.8, 4) is 0 Å². The first-order valence-corrected chi connectivity index (χ1v) is 9.56. The molecule has 1 heterocycles. The number of hydrogen-bond acceptors (Lipinski definition) is 4. The summed E-state index contributed by atoms with van der Waals surface area (Å²) >= 11 is 0. The maximum Gasteiger partial charge on any atom is 0.191 e. The van der Waals surface area contributed by atoms with E-state index < -0.39 is 0 Å². The highest BCUT2D eigenvalue weighted by atomic mass is 16.5. The molecular formula is C20H35N5O. The van der Waals surface area contributed by atoms with E-state index in [2.05, 4.69) is 70.6 Å². The Morgan fingerprint density at radius 2 is 1.88 bits per heavy atom. The Morgan fingerprint density at radius 1 is 1.19 bits per heavy atom. The number of aliphatic imine (C=N–C) groups is 1. The van der Waals surface area contributed by atoms with Gasteiger partial charge in [0.05, 0.1) is 13.2 Å². The van der Waals surface area contributed by atoms with Crippen LogP contribution in [0.2, 0.25) is 0 Å². The van der Waals surface area contributed by atoms with Gasteiger partial charge < -0.3 is 20.3 Å². The molecule has 2 rings (SSSR count). The van der Waals surface area contributed by atoms with E-state index in [-0.39, 0.29) is 5.54 Å². The summed E-state index contributed by atoms with van der Waals surface area (Å²) in [5, 5.41) is 6.89. The zero-order chi connectivity index (χ0) is 18.8. The zero-order valence-electron chi connectivity index (χ0n) is 16.8. The summed E-state index contributed by atoms with van der Waals surface area (Å²) in [4.78, 5) is 9.10. The molecule has 146 valence electrons. The number of anilines is 1. The van der Waals surface area contributed by atoms with Crippen LogP contribution >= 0.6 is 0 Å². The van der Waals surface area contributed by atoms with Crippen LogP contribution in [0.25, 0.3) is 0 Å². The molecule has 6 nitrogen and oxygen atoms in total. The summed E-state index contributed by atoms with van der Waals surface area (Å²) in [6, 6.07) is 10.5. The van der Waals surface area contributed by atoms with Crippen molar-refractivity contribution in [3.63, 3.8) is 0 Å². The summed E-state index contributed by atoms with van der Waals surface area (Å²) in [5.74, 6) is 0.869. The zero-order valence-corrected chi connectivity index (χ0v) is 16.8. The van der Waals surface area contributed by atoms with Crippen molar-refractivity contribution in [2.75, 3.05) is 64.9 Å². The summed E-state index contributed by atoms with van der Waals surface area (Å²) in [6.45, 7) is 10.9. The number of nitrogens with zero attached hydrogens (tertiary/aromatic N) is 3. The van der Waals surface area contributed by atoms with Gasteiger partial charge in [0.15, 0.2) is 5.96 Å². The van der Waals surface area contributed by atoms with E-state index in [0.29, 0.717) is 0 Å². The molecule has 1 aromatic rings. The molecular weight excluding hydrogens is 326 g/mol. The maximum atomic E-state index is 5.46. The number of ether oxygens (including phenoxy) is 1. The second kappa shape index (κ2) is 10.4. The highest BCUT2D eigenvalue weighted by Crippen LogP contribution is 2.15. The Morgan fingerprint density at radius 3 is 2.54 bits per heavy atom. The lowest BCUT2D eigenvalue weighted by Crippen LogP contribution is -2.56. The molecule has 2 N–H and O–H groups in total. The number of guanidine groups is 1. The number of hydrogen-bond donors (Lipinski definition) is 2. The average molecular weight is 362 g/mol. The smallest absolute Gasteiger partial charge is 0.191 e. The van der Waals surface area contributed by atoms with Crippen LogP contribution in [0, 0.1) is 0 Å². The summed E-state index contributed by atoms with van der Waals surface area (Å²) in [6.07, 6.45) is 1.05. The van der Waals surface area contributed by atoms with Crippen molar-refractivity contribution in [3.05, 3.63) is 30.3 Å². The molecule has 1 aromatic carbocycles. The van der Waals surface area contributed by atoms with Crippen molar-refractivity contribution >= 4 is 11.6 Å². The monoisotopic (exact) mass is 361 g/mol. The molecule has 26 heavy (non-hydrogen) atoms. The van der Waals surface area contributed by atoms with E-state index in [1.165, 1.54) is 5.69 Å². The van der Waals surface area contributed by atoms with Crippen LogP contribution in [0.15, 0.2) is 35.3 Å². The molecule has 0 saturated carbocycles. The molecule has 0 radical (unpaired) electrons. The Balaban J connectivity index is 1.67. The van der Waals surface area contributed by atoms with Gasteiger partial charge in [0.2, 0.25) is 0 Å². The van der Waals surface area contributed by atoms with Crippen molar-refractivity contribution in [2.45, 2.75) is 25.8 Å². The SMILES string of the molecule is CN=C(NCCCN(C)c1ccccc1)NCC(C)(C)N1CCOCC1. The first-order valence-electron chi connectivity index (χ1n) is 9.56. The molecule has 0 bridgehead atoms. The molecule has 0 aromatic heterocycles. The van der Waals surface area contributed by atoms with Gasteiger partial charge in [0.25, 0.3) is 0 Å². The summed E-state index contributed by atoms with van der Waals surface area (Å²) in [5.41, 5.74) is 1.33. The van der Waals surface area contributed by atoms with Crippen LogP contribution in [0.1, 0.15) is 20.3 Å². The lowest BCUT2D eigenvalue weighted by molar-refractivity contribution is -0.00833. The summed E-state index contributed by atoms with van der Waals surface area (Å²) in [7, 11) is 3.96. The standard InChI is InChI=1S/C20H35N5O/c1-20(2,25-13-15-26-16-14-25)17-23-19(21-3)22-11-8-12-24(4)18-9-6-5-7-10-18/h5-7,9-10H,8,11-17H2,1-4H3,(H2,21,22,23). The van der Waals surface area contributed by atoms with Gasteiger partial charge in [-0.1, -0.05) is 18.2 Å². The van der Waals surface area contributed by atoms with Gasteiger partial charge in [0, 0.05) is 58.0 Å². The van der Waals surface area contributed by atoms with Crippen LogP contribution in [0.5, 0.6) is 0 Å². The van der Waals surface area contributed by atoms with Crippen LogP contribution in [0.3, 0.4) is 0 Å². The molecule has 0 atom stereocenters. The Kier molecular flexibility index (Phi) is 8.19. The third-order valence-electron chi connectivity index (χ3n) is 4.94. The highest BCUT2D eigenvalue weighted by molar-refractivity contribution is 5.79. The predicted octanol–water partition coefficient (Wildman–Crippen LogP) is 1.79. The quantitative estimate of drug-likeness (QED) is 0.420. The predicted molar refractivity (Wildman–Crippen MR) is 110 cm³/mol. The number of para-hydroxylation sites is 1. The van der Waals surface area contributed by atoms with Crippen molar-refractivity contribution < 1.29 is 4.74 Å². The second-order valence-electron chi connectivity index (χ2n) is 7.38. The first-order chi connectivity index (χ1) is 12.5. The number of nitrogens with one attached hydrogen (secondary N) is 2. The van der Waals surface area contributed by atoms with Crippen LogP contribution < -0.4 is 15.5 Å². The molecule has 1 aliphatic heterocycles. The third-order valence-corrected chi connectivity index (χ3v) is 4.94. The minimum atomic E-state index is 0.0783. The van der Waals surface area contributed by atoms with E-state index in [0.717, 1.165) is 58.3 Å². The van der Waals surface area contributed by atoms with E-state index in [4.69, 9.17) is 4.74 Å². The fourth-order valence-electron chi connectivity index (χ4n) is 3.14. The number of rotatable bonds is 8. The Labute approximate surface area is 158 Å². The molecule has 0 amide bonds. The first kappa shape index (κ1) is 20.5. The lowest BCUT2D eigenvalue weighted by atomic mass is 10.0. The van der Waals surface area contributed by atoms with Crippen LogP contribution in [0.4, 0.5) is 5.69 Å². The van der Waals surface area contributed by atoms with Gasteiger partial charge in [-0.15, -0.1) is 0 Å². The van der Waals surface area contributed by atoms with Gasteiger partial charge in [-0.3, -0.25) is 9.89 Å². The largest absolute Gasteiger partial charge is 0.379 e. The molecule has 0 aliphatic carbocycles. The average Bonchev–Trinajstić information content (AvgIpc) is 2.68. The lowest BCUT2D eigenvalue weighted by Gasteiger charge is -2.41. The van der Waals surface area contributed by atoms with Gasteiger partial charge in [-0.2, -0.15) is 0 Å². The van der Waals surface area contributed by atoms with Crippen LogP contribution in [-0.2, 0) is 4.74 Å². The van der Waals surface area contributed by atoms with E-state index >= 15 is 0 Å². The normalized spacial score (nSPS) is 16.4. The molecule has 1 aliphatic rings.